The standard InChI is InChI=1S/C25H29FN6O/c1-4-32(13-15-5-6-20(15)27)24-23-19-8-16(26)9-21(28-3)18(19)10-22(23)30-25(31-24)33-17-7-14(2)11-29-12-17/h7-9,11-12,15,20,28H,4-6,10,13,27H2,1-3H3/t15?,20-/m1/s1. The van der Waals surface area contributed by atoms with Crippen molar-refractivity contribution in [1.29, 1.82) is 0 Å². The number of hydrogen-bond acceptors (Lipinski definition) is 7. The van der Waals surface area contributed by atoms with Gasteiger partial charge in [-0.2, -0.15) is 9.97 Å². The van der Waals surface area contributed by atoms with Gasteiger partial charge in [0.15, 0.2) is 0 Å². The van der Waals surface area contributed by atoms with Crippen molar-refractivity contribution in [3.8, 4) is 22.9 Å². The molecule has 2 atom stereocenters. The van der Waals surface area contributed by atoms with Crippen LogP contribution >= 0.6 is 0 Å². The number of nitrogens with zero attached hydrogens (tertiary/aromatic N) is 4. The highest BCUT2D eigenvalue weighted by Crippen LogP contribution is 2.46. The highest BCUT2D eigenvalue weighted by atomic mass is 19.1. The van der Waals surface area contributed by atoms with Crippen LogP contribution in [0.15, 0.2) is 30.6 Å². The van der Waals surface area contributed by atoms with Crippen LogP contribution in [0.2, 0.25) is 0 Å². The van der Waals surface area contributed by atoms with Gasteiger partial charge in [0.2, 0.25) is 0 Å². The Bertz CT molecular complexity index is 1200. The molecule has 7 nitrogen and oxygen atoms in total. The Kier molecular flexibility index (Phi) is 5.62. The Morgan fingerprint density at radius 3 is 2.73 bits per heavy atom. The fraction of sp³-hybridized carbons (Fsp3) is 0.400. The molecule has 1 fully saturated rings. The van der Waals surface area contributed by atoms with Crippen molar-refractivity contribution in [3.63, 3.8) is 0 Å². The van der Waals surface area contributed by atoms with E-state index >= 15 is 0 Å². The monoisotopic (exact) mass is 448 g/mol. The van der Waals surface area contributed by atoms with E-state index in [1.165, 1.54) is 6.07 Å². The lowest BCUT2D eigenvalue weighted by Gasteiger charge is -2.38. The van der Waals surface area contributed by atoms with Crippen molar-refractivity contribution in [2.45, 2.75) is 39.2 Å². The number of benzene rings is 1. The molecule has 3 aromatic rings. The molecule has 33 heavy (non-hydrogen) atoms. The Labute approximate surface area is 193 Å². The Hall–Kier alpha value is -3.26. The highest BCUT2D eigenvalue weighted by molar-refractivity contribution is 5.88. The SMILES string of the molecule is CCN(CC1CC[C@H]1N)c1nc(Oc2cncc(C)c2)nc2c1-c1cc(F)cc(NC)c1C2. The molecule has 1 aromatic carbocycles. The first-order valence-electron chi connectivity index (χ1n) is 11.5. The summed E-state index contributed by atoms with van der Waals surface area (Å²) in [4.78, 5) is 16.0. The largest absolute Gasteiger partial charge is 0.423 e. The molecule has 2 aliphatic rings. The maximum absolute atomic E-state index is 14.5. The van der Waals surface area contributed by atoms with Gasteiger partial charge in [0, 0.05) is 50.0 Å². The minimum absolute atomic E-state index is 0.212. The quantitative estimate of drug-likeness (QED) is 0.436. The number of fused-ring (bicyclic) bond motifs is 3. The number of pyridine rings is 1. The number of aryl methyl sites for hydroxylation is 1. The number of hydrogen-bond donors (Lipinski definition) is 2. The molecule has 2 heterocycles. The van der Waals surface area contributed by atoms with Crippen LogP contribution in [0.25, 0.3) is 11.1 Å². The van der Waals surface area contributed by atoms with E-state index in [0.29, 0.717) is 18.1 Å². The second-order valence-electron chi connectivity index (χ2n) is 8.90. The topological polar surface area (TPSA) is 89.2 Å². The molecule has 0 bridgehead atoms. The predicted molar refractivity (Wildman–Crippen MR) is 127 cm³/mol. The molecule has 1 saturated carbocycles. The van der Waals surface area contributed by atoms with Gasteiger partial charge in [-0.1, -0.05) is 0 Å². The molecule has 0 amide bonds. The molecule has 0 spiro atoms. The number of nitrogens with one attached hydrogen (secondary N) is 1. The predicted octanol–water partition coefficient (Wildman–Crippen LogP) is 4.29. The van der Waals surface area contributed by atoms with E-state index in [0.717, 1.165) is 65.4 Å². The van der Waals surface area contributed by atoms with E-state index in [-0.39, 0.29) is 17.9 Å². The summed E-state index contributed by atoms with van der Waals surface area (Å²) in [7, 11) is 1.81. The molecule has 8 heteroatoms. The van der Waals surface area contributed by atoms with Crippen LogP contribution in [0, 0.1) is 18.7 Å². The highest BCUT2D eigenvalue weighted by Gasteiger charge is 2.33. The van der Waals surface area contributed by atoms with Crippen molar-refractivity contribution in [2.24, 2.45) is 11.7 Å². The van der Waals surface area contributed by atoms with Gasteiger partial charge in [-0.15, -0.1) is 0 Å². The van der Waals surface area contributed by atoms with Crippen LogP contribution in [0.3, 0.4) is 0 Å². The van der Waals surface area contributed by atoms with Gasteiger partial charge in [0.25, 0.3) is 0 Å². The normalized spacial score (nSPS) is 18.3. The van der Waals surface area contributed by atoms with Gasteiger partial charge in [-0.3, -0.25) is 4.98 Å². The zero-order valence-corrected chi connectivity index (χ0v) is 19.2. The summed E-state index contributed by atoms with van der Waals surface area (Å²) < 4.78 is 20.5. The van der Waals surface area contributed by atoms with Crippen molar-refractivity contribution >= 4 is 11.5 Å². The third-order valence-electron chi connectivity index (χ3n) is 6.71. The fourth-order valence-corrected chi connectivity index (χ4v) is 4.75. The van der Waals surface area contributed by atoms with E-state index in [2.05, 4.69) is 22.1 Å². The summed E-state index contributed by atoms with van der Waals surface area (Å²) in [5, 5.41) is 3.12. The minimum Gasteiger partial charge on any atom is -0.423 e. The maximum Gasteiger partial charge on any atom is 0.324 e. The average Bonchev–Trinajstić information content (AvgIpc) is 3.16. The minimum atomic E-state index is -0.285. The fourth-order valence-electron chi connectivity index (χ4n) is 4.75. The molecular formula is C25H29FN6O. The smallest absolute Gasteiger partial charge is 0.324 e. The number of nitrogens with two attached hydrogens (primary N) is 1. The molecule has 5 rings (SSSR count). The summed E-state index contributed by atoms with van der Waals surface area (Å²) in [6, 6.07) is 5.49. The first kappa shape index (κ1) is 21.6. The second kappa shape index (κ2) is 8.59. The van der Waals surface area contributed by atoms with Crippen molar-refractivity contribution in [2.75, 3.05) is 30.4 Å². The molecule has 2 aromatic heterocycles. The number of anilines is 2. The average molecular weight is 449 g/mol. The van der Waals surface area contributed by atoms with Gasteiger partial charge < -0.3 is 20.7 Å². The van der Waals surface area contributed by atoms with E-state index in [4.69, 9.17) is 20.4 Å². The molecule has 0 radical (unpaired) electrons. The Morgan fingerprint density at radius 2 is 2.06 bits per heavy atom. The lowest BCUT2D eigenvalue weighted by atomic mass is 9.80. The van der Waals surface area contributed by atoms with Crippen molar-refractivity contribution in [1.82, 2.24) is 15.0 Å². The van der Waals surface area contributed by atoms with E-state index < -0.39 is 0 Å². The molecule has 0 saturated heterocycles. The molecule has 0 aliphatic heterocycles. The molecule has 3 N–H and O–H groups in total. The molecular weight excluding hydrogens is 419 g/mol. The molecule has 2 aliphatic carbocycles. The lowest BCUT2D eigenvalue weighted by Crippen LogP contribution is -2.46. The van der Waals surface area contributed by atoms with E-state index in [9.17, 15) is 4.39 Å². The second-order valence-corrected chi connectivity index (χ2v) is 8.90. The lowest BCUT2D eigenvalue weighted by molar-refractivity contribution is 0.260. The van der Waals surface area contributed by atoms with Gasteiger partial charge in [-0.05, 0) is 67.5 Å². The maximum atomic E-state index is 14.5. The van der Waals surface area contributed by atoms with Crippen LogP contribution < -0.4 is 20.7 Å². The van der Waals surface area contributed by atoms with Crippen LogP contribution in [-0.4, -0.2) is 41.1 Å². The van der Waals surface area contributed by atoms with Crippen LogP contribution in [0.4, 0.5) is 15.9 Å². The number of halogens is 1. The van der Waals surface area contributed by atoms with Crippen molar-refractivity contribution < 1.29 is 9.13 Å². The first-order chi connectivity index (χ1) is 16.0. The Morgan fingerprint density at radius 1 is 1.21 bits per heavy atom. The summed E-state index contributed by atoms with van der Waals surface area (Å²) in [5.74, 6) is 1.49. The first-order valence-corrected chi connectivity index (χ1v) is 11.5. The zero-order chi connectivity index (χ0) is 23.1. The summed E-state index contributed by atoms with van der Waals surface area (Å²) >= 11 is 0. The zero-order valence-electron chi connectivity index (χ0n) is 19.2. The van der Waals surface area contributed by atoms with Gasteiger partial charge in [0.1, 0.15) is 17.4 Å². The third kappa shape index (κ3) is 3.99. The van der Waals surface area contributed by atoms with Crippen LogP contribution in [0.5, 0.6) is 11.8 Å². The van der Waals surface area contributed by atoms with E-state index in [1.807, 2.05) is 13.0 Å². The summed E-state index contributed by atoms with van der Waals surface area (Å²) in [6.07, 6.45) is 6.17. The van der Waals surface area contributed by atoms with Gasteiger partial charge in [-0.25, -0.2) is 4.39 Å². The number of rotatable bonds is 7. The van der Waals surface area contributed by atoms with Gasteiger partial charge >= 0.3 is 6.01 Å². The number of aromatic nitrogens is 3. The summed E-state index contributed by atoms with van der Waals surface area (Å²) in [5.41, 5.74) is 11.6. The van der Waals surface area contributed by atoms with Crippen LogP contribution in [-0.2, 0) is 6.42 Å². The summed E-state index contributed by atoms with van der Waals surface area (Å²) in [6.45, 7) is 5.61. The number of ether oxygens (including phenoxy) is 1. The Balaban J connectivity index is 1.62. The van der Waals surface area contributed by atoms with Crippen LogP contribution in [0.1, 0.15) is 36.6 Å². The van der Waals surface area contributed by atoms with Crippen molar-refractivity contribution in [3.05, 3.63) is 53.2 Å². The van der Waals surface area contributed by atoms with E-state index in [1.54, 1.807) is 25.5 Å². The molecule has 1 unspecified atom stereocenters. The molecule has 172 valence electrons. The van der Waals surface area contributed by atoms with Gasteiger partial charge in [0.05, 0.1) is 11.9 Å². The third-order valence-corrected chi connectivity index (χ3v) is 6.71.